The lowest BCUT2D eigenvalue weighted by Crippen LogP contribution is -2.14. The van der Waals surface area contributed by atoms with E-state index in [4.69, 9.17) is 4.74 Å². The van der Waals surface area contributed by atoms with Gasteiger partial charge in [0.15, 0.2) is 0 Å². The molecule has 2 aromatic rings. The number of hydrogen-bond acceptors (Lipinski definition) is 3. The summed E-state index contributed by atoms with van der Waals surface area (Å²) < 4.78 is 5.23. The molecule has 0 heterocycles. The fraction of sp³-hybridized carbons (Fsp3) is 0.188. The van der Waals surface area contributed by atoms with Crippen LogP contribution in [0.4, 0.5) is 11.4 Å². The van der Waals surface area contributed by atoms with Gasteiger partial charge in [-0.3, -0.25) is 4.79 Å². The van der Waals surface area contributed by atoms with Gasteiger partial charge in [-0.25, -0.2) is 0 Å². The Kier molecular flexibility index (Phi) is 4.25. The first-order chi connectivity index (χ1) is 9.65. The SMILES string of the molecule is CNc1cc(C)ccc1C(=O)Nc1ccccc1OC. The third-order valence-corrected chi connectivity index (χ3v) is 3.04. The molecule has 0 spiro atoms. The number of carbonyl (C=O) groups is 1. The van der Waals surface area contributed by atoms with E-state index in [0.717, 1.165) is 11.3 Å². The summed E-state index contributed by atoms with van der Waals surface area (Å²) in [6, 6.07) is 13.0. The van der Waals surface area contributed by atoms with Gasteiger partial charge in [-0.15, -0.1) is 0 Å². The molecule has 0 unspecified atom stereocenters. The van der Waals surface area contributed by atoms with Crippen molar-refractivity contribution in [3.05, 3.63) is 53.6 Å². The highest BCUT2D eigenvalue weighted by molar-refractivity contribution is 6.08. The number of para-hydroxylation sites is 2. The van der Waals surface area contributed by atoms with Crippen LogP contribution in [0.25, 0.3) is 0 Å². The Balaban J connectivity index is 2.28. The molecule has 2 rings (SSSR count). The maximum Gasteiger partial charge on any atom is 0.257 e. The first-order valence-electron chi connectivity index (χ1n) is 6.38. The molecule has 0 bridgehead atoms. The average Bonchev–Trinajstić information content (AvgIpc) is 2.47. The second-order valence-corrected chi connectivity index (χ2v) is 4.45. The van der Waals surface area contributed by atoms with E-state index in [2.05, 4.69) is 10.6 Å². The second kappa shape index (κ2) is 6.10. The first-order valence-corrected chi connectivity index (χ1v) is 6.38. The lowest BCUT2D eigenvalue weighted by molar-refractivity contribution is 0.102. The Labute approximate surface area is 118 Å². The minimum absolute atomic E-state index is 0.168. The van der Waals surface area contributed by atoms with E-state index >= 15 is 0 Å². The Bertz CT molecular complexity index is 624. The van der Waals surface area contributed by atoms with Crippen molar-refractivity contribution < 1.29 is 9.53 Å². The van der Waals surface area contributed by atoms with Crippen molar-refractivity contribution in [1.82, 2.24) is 0 Å². The molecule has 0 saturated carbocycles. The summed E-state index contributed by atoms with van der Waals surface area (Å²) in [6.07, 6.45) is 0. The third kappa shape index (κ3) is 2.91. The van der Waals surface area contributed by atoms with Gasteiger partial charge in [-0.1, -0.05) is 18.2 Å². The van der Waals surface area contributed by atoms with Gasteiger partial charge in [0, 0.05) is 12.7 Å². The largest absolute Gasteiger partial charge is 0.495 e. The topological polar surface area (TPSA) is 50.4 Å². The monoisotopic (exact) mass is 270 g/mol. The molecule has 2 N–H and O–H groups in total. The summed E-state index contributed by atoms with van der Waals surface area (Å²) in [5.74, 6) is 0.470. The molecule has 0 saturated heterocycles. The van der Waals surface area contributed by atoms with E-state index < -0.39 is 0 Å². The third-order valence-electron chi connectivity index (χ3n) is 3.04. The van der Waals surface area contributed by atoms with Crippen LogP contribution in [0, 0.1) is 6.92 Å². The Hall–Kier alpha value is -2.49. The summed E-state index contributed by atoms with van der Waals surface area (Å²) in [5.41, 5.74) is 3.16. The van der Waals surface area contributed by atoms with Gasteiger partial charge >= 0.3 is 0 Å². The van der Waals surface area contributed by atoms with Gasteiger partial charge in [-0.05, 0) is 36.8 Å². The van der Waals surface area contributed by atoms with Crippen molar-refractivity contribution in [2.45, 2.75) is 6.92 Å². The zero-order valence-corrected chi connectivity index (χ0v) is 11.9. The lowest BCUT2D eigenvalue weighted by atomic mass is 10.1. The molecular formula is C16H18N2O2. The van der Waals surface area contributed by atoms with E-state index in [-0.39, 0.29) is 5.91 Å². The Morgan fingerprint density at radius 1 is 1.10 bits per heavy atom. The molecule has 20 heavy (non-hydrogen) atoms. The molecule has 0 aliphatic rings. The maximum absolute atomic E-state index is 12.4. The molecule has 1 amide bonds. The number of carbonyl (C=O) groups excluding carboxylic acids is 1. The summed E-state index contributed by atoms with van der Waals surface area (Å²) in [7, 11) is 3.38. The van der Waals surface area contributed by atoms with E-state index in [0.29, 0.717) is 17.0 Å². The molecule has 0 aliphatic heterocycles. The van der Waals surface area contributed by atoms with Crippen LogP contribution in [-0.4, -0.2) is 20.1 Å². The summed E-state index contributed by atoms with van der Waals surface area (Å²) in [4.78, 5) is 12.4. The highest BCUT2D eigenvalue weighted by atomic mass is 16.5. The van der Waals surface area contributed by atoms with Gasteiger partial charge in [0.05, 0.1) is 18.4 Å². The van der Waals surface area contributed by atoms with E-state index in [1.807, 2.05) is 49.4 Å². The number of methoxy groups -OCH3 is 1. The Morgan fingerprint density at radius 2 is 1.85 bits per heavy atom. The standard InChI is InChI=1S/C16H18N2O2/c1-11-8-9-12(14(10-11)17-2)16(19)18-13-6-4-5-7-15(13)20-3/h4-10,17H,1-3H3,(H,18,19). The number of benzene rings is 2. The average molecular weight is 270 g/mol. The molecule has 0 atom stereocenters. The molecule has 0 radical (unpaired) electrons. The molecule has 4 nitrogen and oxygen atoms in total. The summed E-state index contributed by atoms with van der Waals surface area (Å²) >= 11 is 0. The zero-order valence-electron chi connectivity index (χ0n) is 11.9. The van der Waals surface area contributed by atoms with E-state index in [9.17, 15) is 4.79 Å². The van der Waals surface area contributed by atoms with Crippen LogP contribution >= 0.6 is 0 Å². The zero-order chi connectivity index (χ0) is 14.5. The predicted molar refractivity (Wildman–Crippen MR) is 81.7 cm³/mol. The molecule has 2 aromatic carbocycles. The summed E-state index contributed by atoms with van der Waals surface area (Å²) in [6.45, 7) is 1.99. The molecule has 0 aromatic heterocycles. The van der Waals surface area contributed by atoms with Crippen LogP contribution in [0.2, 0.25) is 0 Å². The molecule has 104 valence electrons. The number of rotatable bonds is 4. The quantitative estimate of drug-likeness (QED) is 0.896. The number of hydrogen-bond donors (Lipinski definition) is 2. The van der Waals surface area contributed by atoms with Gasteiger partial charge in [0.2, 0.25) is 0 Å². The normalized spacial score (nSPS) is 9.95. The fourth-order valence-corrected chi connectivity index (χ4v) is 2.00. The Morgan fingerprint density at radius 3 is 2.55 bits per heavy atom. The van der Waals surface area contributed by atoms with E-state index in [1.54, 1.807) is 14.2 Å². The number of ether oxygens (including phenoxy) is 1. The number of anilines is 2. The van der Waals surface area contributed by atoms with Crippen molar-refractivity contribution >= 4 is 17.3 Å². The molecule has 0 fully saturated rings. The van der Waals surface area contributed by atoms with Crippen molar-refractivity contribution in [1.29, 1.82) is 0 Å². The van der Waals surface area contributed by atoms with E-state index in [1.165, 1.54) is 0 Å². The van der Waals surface area contributed by atoms with Crippen LogP contribution < -0.4 is 15.4 Å². The lowest BCUT2D eigenvalue weighted by Gasteiger charge is -2.12. The van der Waals surface area contributed by atoms with Crippen molar-refractivity contribution in [3.63, 3.8) is 0 Å². The van der Waals surface area contributed by atoms with Gasteiger partial charge in [0.25, 0.3) is 5.91 Å². The molecule has 0 aliphatic carbocycles. The van der Waals surface area contributed by atoms with Crippen LogP contribution in [0.15, 0.2) is 42.5 Å². The number of amides is 1. The number of nitrogens with one attached hydrogen (secondary N) is 2. The molecule has 4 heteroatoms. The second-order valence-electron chi connectivity index (χ2n) is 4.45. The minimum atomic E-state index is -0.168. The number of aryl methyl sites for hydroxylation is 1. The first kappa shape index (κ1) is 13.9. The molecular weight excluding hydrogens is 252 g/mol. The fourth-order valence-electron chi connectivity index (χ4n) is 2.00. The minimum Gasteiger partial charge on any atom is -0.495 e. The summed E-state index contributed by atoms with van der Waals surface area (Å²) in [5, 5.41) is 5.91. The predicted octanol–water partition coefficient (Wildman–Crippen LogP) is 3.30. The highest BCUT2D eigenvalue weighted by Gasteiger charge is 2.12. The van der Waals surface area contributed by atoms with Crippen LogP contribution in [0.3, 0.4) is 0 Å². The van der Waals surface area contributed by atoms with Gasteiger partial charge in [-0.2, -0.15) is 0 Å². The van der Waals surface area contributed by atoms with Gasteiger partial charge in [0.1, 0.15) is 5.75 Å². The van der Waals surface area contributed by atoms with Crippen molar-refractivity contribution in [2.75, 3.05) is 24.8 Å². The maximum atomic E-state index is 12.4. The van der Waals surface area contributed by atoms with Crippen LogP contribution in [-0.2, 0) is 0 Å². The van der Waals surface area contributed by atoms with Crippen molar-refractivity contribution in [2.24, 2.45) is 0 Å². The van der Waals surface area contributed by atoms with Crippen molar-refractivity contribution in [3.8, 4) is 5.75 Å². The van der Waals surface area contributed by atoms with Crippen LogP contribution in [0.5, 0.6) is 5.75 Å². The van der Waals surface area contributed by atoms with Gasteiger partial charge < -0.3 is 15.4 Å². The highest BCUT2D eigenvalue weighted by Crippen LogP contribution is 2.25. The smallest absolute Gasteiger partial charge is 0.257 e. The van der Waals surface area contributed by atoms with Crippen LogP contribution in [0.1, 0.15) is 15.9 Å².